The monoisotopic (exact) mass is 306 g/mol. The van der Waals surface area contributed by atoms with Gasteiger partial charge < -0.3 is 24.4 Å². The molecule has 0 saturated carbocycles. The van der Waals surface area contributed by atoms with Crippen LogP contribution in [0.1, 0.15) is 55.4 Å². The zero-order chi connectivity index (χ0) is 16.8. The number of hydrogen-bond acceptors (Lipinski definition) is 5. The predicted octanol–water partition coefficient (Wildman–Crippen LogP) is 2.13. The first-order chi connectivity index (χ1) is 9.38. The second-order valence-electron chi connectivity index (χ2n) is 6.95. The summed E-state index contributed by atoms with van der Waals surface area (Å²) in [5.74, 6) is 0. The molecule has 0 aromatic heterocycles. The molecule has 0 aliphatic carbocycles. The van der Waals surface area contributed by atoms with E-state index in [9.17, 15) is 10.2 Å². The van der Waals surface area contributed by atoms with E-state index >= 15 is 0 Å². The Labute approximate surface area is 129 Å². The van der Waals surface area contributed by atoms with Crippen LogP contribution < -0.4 is 0 Å². The summed E-state index contributed by atoms with van der Waals surface area (Å²) in [7, 11) is 0. The number of hydrogen-bond donors (Lipinski definition) is 2. The van der Waals surface area contributed by atoms with E-state index in [2.05, 4.69) is 0 Å². The molecule has 0 radical (unpaired) electrons. The van der Waals surface area contributed by atoms with Gasteiger partial charge in [0.25, 0.3) is 0 Å². The summed E-state index contributed by atoms with van der Waals surface area (Å²) in [6, 6.07) is 0. The lowest BCUT2D eigenvalue weighted by atomic mass is 9.98. The second kappa shape index (κ2) is 8.44. The Balaban J connectivity index is 4.53. The van der Waals surface area contributed by atoms with Gasteiger partial charge in [0.05, 0.1) is 48.8 Å². The molecule has 0 amide bonds. The fraction of sp³-hybridized carbons (Fsp3) is 1.00. The highest BCUT2D eigenvalue weighted by atomic mass is 16.6. The minimum absolute atomic E-state index is 0.165. The highest BCUT2D eigenvalue weighted by molar-refractivity contribution is 4.84. The van der Waals surface area contributed by atoms with Crippen LogP contribution in [-0.4, -0.2) is 59.0 Å². The molecule has 21 heavy (non-hydrogen) atoms. The minimum atomic E-state index is -0.516. The van der Waals surface area contributed by atoms with Gasteiger partial charge in [-0.25, -0.2) is 0 Å². The molecule has 0 spiro atoms. The summed E-state index contributed by atoms with van der Waals surface area (Å²) in [5.41, 5.74) is -1.03. The van der Waals surface area contributed by atoms with E-state index in [-0.39, 0.29) is 25.4 Å². The quantitative estimate of drug-likeness (QED) is 0.647. The van der Waals surface area contributed by atoms with Crippen LogP contribution in [0.2, 0.25) is 0 Å². The van der Waals surface area contributed by atoms with Crippen molar-refractivity contribution in [3.05, 3.63) is 0 Å². The lowest BCUT2D eigenvalue weighted by Gasteiger charge is -2.40. The van der Waals surface area contributed by atoms with Crippen LogP contribution in [0.5, 0.6) is 0 Å². The van der Waals surface area contributed by atoms with E-state index in [1.54, 1.807) is 13.8 Å². The van der Waals surface area contributed by atoms with E-state index in [0.29, 0.717) is 0 Å². The Morgan fingerprint density at radius 2 is 1.24 bits per heavy atom. The van der Waals surface area contributed by atoms with Crippen LogP contribution in [0.15, 0.2) is 0 Å². The van der Waals surface area contributed by atoms with Crippen molar-refractivity contribution in [2.24, 2.45) is 0 Å². The first-order valence-corrected chi connectivity index (χ1v) is 7.68. The maximum atomic E-state index is 9.33. The number of aliphatic hydroxyl groups excluding tert-OH is 2. The van der Waals surface area contributed by atoms with Gasteiger partial charge in [0, 0.05) is 0 Å². The maximum absolute atomic E-state index is 9.33. The Hall–Kier alpha value is -0.200. The molecule has 0 aliphatic heterocycles. The van der Waals surface area contributed by atoms with Crippen molar-refractivity contribution in [1.82, 2.24) is 0 Å². The van der Waals surface area contributed by atoms with Gasteiger partial charge in [-0.3, -0.25) is 0 Å². The second-order valence-corrected chi connectivity index (χ2v) is 6.95. The van der Waals surface area contributed by atoms with Gasteiger partial charge >= 0.3 is 0 Å². The van der Waals surface area contributed by atoms with Gasteiger partial charge in [0.2, 0.25) is 0 Å². The maximum Gasteiger partial charge on any atom is 0.0889 e. The summed E-state index contributed by atoms with van der Waals surface area (Å²) in [4.78, 5) is 0. The van der Waals surface area contributed by atoms with Gasteiger partial charge in [0.1, 0.15) is 0 Å². The van der Waals surface area contributed by atoms with E-state index in [0.717, 1.165) is 0 Å². The van der Waals surface area contributed by atoms with Gasteiger partial charge in [-0.05, 0) is 55.4 Å². The first-order valence-electron chi connectivity index (χ1n) is 7.68. The van der Waals surface area contributed by atoms with Crippen LogP contribution >= 0.6 is 0 Å². The van der Waals surface area contributed by atoms with Gasteiger partial charge in [-0.2, -0.15) is 0 Å². The third-order valence-electron chi connectivity index (χ3n) is 3.72. The van der Waals surface area contributed by atoms with Gasteiger partial charge in [-0.15, -0.1) is 0 Å². The predicted molar refractivity (Wildman–Crippen MR) is 83.4 cm³/mol. The Kier molecular flexibility index (Phi) is 8.36. The molecule has 0 saturated heterocycles. The zero-order valence-electron chi connectivity index (χ0n) is 14.8. The van der Waals surface area contributed by atoms with Crippen LogP contribution in [0.25, 0.3) is 0 Å². The molecule has 0 bridgehead atoms. The topological polar surface area (TPSA) is 68.2 Å². The molecular formula is C16H34O5. The third kappa shape index (κ3) is 8.12. The van der Waals surface area contributed by atoms with E-state index in [4.69, 9.17) is 14.2 Å². The summed E-state index contributed by atoms with van der Waals surface area (Å²) >= 11 is 0. The fourth-order valence-corrected chi connectivity index (χ4v) is 1.63. The van der Waals surface area contributed by atoms with E-state index < -0.39 is 23.4 Å². The third-order valence-corrected chi connectivity index (χ3v) is 3.72. The van der Waals surface area contributed by atoms with Crippen LogP contribution in [0.4, 0.5) is 0 Å². The molecule has 0 fully saturated rings. The van der Waals surface area contributed by atoms with Gasteiger partial charge in [0.15, 0.2) is 0 Å². The van der Waals surface area contributed by atoms with Crippen molar-refractivity contribution >= 4 is 0 Å². The van der Waals surface area contributed by atoms with E-state index in [1.165, 1.54) is 0 Å². The first kappa shape index (κ1) is 20.8. The molecule has 5 nitrogen and oxygen atoms in total. The van der Waals surface area contributed by atoms with Crippen molar-refractivity contribution in [1.29, 1.82) is 0 Å². The average molecular weight is 306 g/mol. The Bertz CT molecular complexity index is 286. The molecule has 2 N–H and O–H groups in total. The SMILES string of the molecule is CC(O)COC(C)C(C)(C)OC(C)C(C)(C)OCC(C)O. The molecular weight excluding hydrogens is 272 g/mol. The highest BCUT2D eigenvalue weighted by Gasteiger charge is 2.36. The Morgan fingerprint density at radius 1 is 0.762 bits per heavy atom. The molecule has 0 heterocycles. The summed E-state index contributed by atoms with van der Waals surface area (Å²) in [6.07, 6.45) is -1.34. The minimum Gasteiger partial charge on any atom is -0.391 e. The van der Waals surface area contributed by atoms with Crippen molar-refractivity contribution in [2.75, 3.05) is 13.2 Å². The standard InChI is InChI=1S/C16H34O5/c1-11(17)9-19-13(3)16(7,8)21-14(4)15(5,6)20-10-12(2)18/h11-14,17-18H,9-10H2,1-8H3. The van der Waals surface area contributed by atoms with Crippen molar-refractivity contribution in [3.63, 3.8) is 0 Å². The number of rotatable bonds is 10. The summed E-state index contributed by atoms with van der Waals surface area (Å²) < 4.78 is 17.5. The van der Waals surface area contributed by atoms with Crippen molar-refractivity contribution < 1.29 is 24.4 Å². The molecule has 128 valence electrons. The fourth-order valence-electron chi connectivity index (χ4n) is 1.63. The smallest absolute Gasteiger partial charge is 0.0889 e. The van der Waals surface area contributed by atoms with Crippen LogP contribution in [0.3, 0.4) is 0 Å². The summed E-state index contributed by atoms with van der Waals surface area (Å²) in [6.45, 7) is 15.6. The number of aliphatic hydroxyl groups is 2. The van der Waals surface area contributed by atoms with Crippen LogP contribution in [-0.2, 0) is 14.2 Å². The summed E-state index contributed by atoms with van der Waals surface area (Å²) in [5, 5.41) is 18.6. The van der Waals surface area contributed by atoms with Crippen molar-refractivity contribution in [3.8, 4) is 0 Å². The largest absolute Gasteiger partial charge is 0.391 e. The average Bonchev–Trinajstić information content (AvgIpc) is 2.32. The molecule has 5 heteroatoms. The molecule has 4 unspecified atom stereocenters. The highest BCUT2D eigenvalue weighted by Crippen LogP contribution is 2.26. The lowest BCUT2D eigenvalue weighted by Crippen LogP contribution is -2.49. The number of ether oxygens (including phenoxy) is 3. The molecule has 0 aliphatic rings. The lowest BCUT2D eigenvalue weighted by molar-refractivity contribution is -0.206. The molecule has 0 aromatic rings. The zero-order valence-corrected chi connectivity index (χ0v) is 14.8. The van der Waals surface area contributed by atoms with Crippen molar-refractivity contribution in [2.45, 2.75) is 91.0 Å². The van der Waals surface area contributed by atoms with Crippen LogP contribution in [0, 0.1) is 0 Å². The molecule has 4 atom stereocenters. The van der Waals surface area contributed by atoms with Gasteiger partial charge in [-0.1, -0.05) is 0 Å². The molecule has 0 rings (SSSR count). The van der Waals surface area contributed by atoms with E-state index in [1.807, 2.05) is 41.5 Å². The molecule has 0 aromatic carbocycles. The Morgan fingerprint density at radius 3 is 1.67 bits per heavy atom. The normalized spacial score (nSPS) is 19.1.